The van der Waals surface area contributed by atoms with Crippen LogP contribution in [0.25, 0.3) is 12.2 Å². The lowest BCUT2D eigenvalue weighted by Gasteiger charge is -2.28. The predicted molar refractivity (Wildman–Crippen MR) is 106 cm³/mol. The number of nitrogens with one attached hydrogen (secondary N) is 1. The number of aryl methyl sites for hydroxylation is 1. The first-order valence-corrected chi connectivity index (χ1v) is 11.0. The van der Waals surface area contributed by atoms with Gasteiger partial charge >= 0.3 is 0 Å². The van der Waals surface area contributed by atoms with Crippen LogP contribution in [-0.4, -0.2) is 36.9 Å². The Morgan fingerprint density at radius 3 is 2.70 bits per heavy atom. The summed E-state index contributed by atoms with van der Waals surface area (Å²) in [4.78, 5) is 12.1. The summed E-state index contributed by atoms with van der Waals surface area (Å²) in [6.07, 6.45) is 5.23. The van der Waals surface area contributed by atoms with Crippen molar-refractivity contribution < 1.29 is 17.7 Å². The molecule has 0 atom stereocenters. The number of amides is 1. The number of thiophene rings is 1. The number of rotatable bonds is 5. The van der Waals surface area contributed by atoms with Gasteiger partial charge in [0.2, 0.25) is 5.91 Å². The van der Waals surface area contributed by atoms with E-state index < -0.39 is 10.0 Å². The maximum Gasteiger partial charge on any atom is 0.252 e. The van der Waals surface area contributed by atoms with Gasteiger partial charge in [0, 0.05) is 24.9 Å². The van der Waals surface area contributed by atoms with Crippen molar-refractivity contribution in [3.8, 4) is 0 Å². The fourth-order valence-electron chi connectivity index (χ4n) is 2.90. The SMILES string of the molecule is CC(=O)Nc1c(C)noc1/C=C/c1ccc(S(=O)(=O)N2CCC(C)CC2)s1. The van der Waals surface area contributed by atoms with E-state index >= 15 is 0 Å². The smallest absolute Gasteiger partial charge is 0.252 e. The zero-order valence-corrected chi connectivity index (χ0v) is 17.2. The van der Waals surface area contributed by atoms with Crippen LogP contribution in [0.4, 0.5) is 5.69 Å². The van der Waals surface area contributed by atoms with Crippen LogP contribution < -0.4 is 5.32 Å². The van der Waals surface area contributed by atoms with Gasteiger partial charge < -0.3 is 9.84 Å². The van der Waals surface area contributed by atoms with E-state index in [1.807, 2.05) is 0 Å². The minimum absolute atomic E-state index is 0.212. The second-order valence-electron chi connectivity index (χ2n) is 6.77. The Hall–Kier alpha value is -1.97. The Morgan fingerprint density at radius 1 is 1.33 bits per heavy atom. The minimum atomic E-state index is -3.44. The highest BCUT2D eigenvalue weighted by molar-refractivity contribution is 7.91. The molecule has 2 aromatic rings. The normalized spacial score (nSPS) is 16.9. The van der Waals surface area contributed by atoms with Crippen molar-refractivity contribution in [1.29, 1.82) is 0 Å². The van der Waals surface area contributed by atoms with Crippen molar-refractivity contribution in [3.63, 3.8) is 0 Å². The number of carbonyl (C=O) groups is 1. The molecule has 3 heterocycles. The summed E-state index contributed by atoms with van der Waals surface area (Å²) >= 11 is 1.21. The monoisotopic (exact) mass is 409 g/mol. The Bertz CT molecular complexity index is 951. The van der Waals surface area contributed by atoms with Crippen molar-refractivity contribution in [2.45, 2.75) is 37.8 Å². The molecule has 1 N–H and O–H groups in total. The minimum Gasteiger partial charge on any atom is -0.354 e. The lowest BCUT2D eigenvalue weighted by Crippen LogP contribution is -2.37. The summed E-state index contributed by atoms with van der Waals surface area (Å²) in [6.45, 7) is 6.45. The number of anilines is 1. The second kappa shape index (κ2) is 7.95. The second-order valence-corrected chi connectivity index (χ2v) is 10.0. The number of hydrogen-bond donors (Lipinski definition) is 1. The molecular formula is C18H23N3O4S2. The molecule has 0 aromatic carbocycles. The van der Waals surface area contributed by atoms with Crippen LogP contribution in [0.15, 0.2) is 20.9 Å². The molecule has 7 nitrogen and oxygen atoms in total. The van der Waals surface area contributed by atoms with Gasteiger partial charge in [0.05, 0.1) is 0 Å². The molecule has 0 radical (unpaired) electrons. The third kappa shape index (κ3) is 4.48. The molecule has 0 saturated carbocycles. The first kappa shape index (κ1) is 19.8. The van der Waals surface area contributed by atoms with Gasteiger partial charge in [-0.05, 0) is 50.0 Å². The van der Waals surface area contributed by atoms with Gasteiger partial charge in [0.25, 0.3) is 10.0 Å². The highest BCUT2D eigenvalue weighted by Crippen LogP contribution is 2.30. The van der Waals surface area contributed by atoms with E-state index in [-0.39, 0.29) is 5.91 Å². The summed E-state index contributed by atoms with van der Waals surface area (Å²) in [5.41, 5.74) is 1.10. The Morgan fingerprint density at radius 2 is 2.04 bits per heavy atom. The van der Waals surface area contributed by atoms with E-state index in [9.17, 15) is 13.2 Å². The zero-order chi connectivity index (χ0) is 19.6. The summed E-state index contributed by atoms with van der Waals surface area (Å²) in [5, 5.41) is 6.54. The lowest BCUT2D eigenvalue weighted by atomic mass is 10.0. The maximum absolute atomic E-state index is 12.8. The number of sulfonamides is 1. The molecule has 1 aliphatic heterocycles. The summed E-state index contributed by atoms with van der Waals surface area (Å²) in [5.74, 6) is 0.781. The molecule has 9 heteroatoms. The number of piperidine rings is 1. The zero-order valence-electron chi connectivity index (χ0n) is 15.6. The first-order valence-electron chi connectivity index (χ1n) is 8.79. The molecule has 27 heavy (non-hydrogen) atoms. The number of carbonyl (C=O) groups excluding carboxylic acids is 1. The maximum atomic E-state index is 12.8. The standard InChI is InChI=1S/C18H23N3O4S2/c1-12-8-10-21(11-9-12)27(23,24)17-7-5-15(26-17)4-6-16-18(19-14(3)22)13(2)20-25-16/h4-7,12H,8-11H2,1-3H3,(H,19,22)/b6-4+. The van der Waals surface area contributed by atoms with Crippen molar-refractivity contribution in [1.82, 2.24) is 9.46 Å². The van der Waals surface area contributed by atoms with Gasteiger partial charge in [-0.2, -0.15) is 4.31 Å². The van der Waals surface area contributed by atoms with Crippen molar-refractivity contribution in [2.24, 2.45) is 5.92 Å². The molecule has 1 aliphatic rings. The van der Waals surface area contributed by atoms with Crippen molar-refractivity contribution >= 4 is 45.1 Å². The van der Waals surface area contributed by atoms with Crippen LogP contribution in [0.2, 0.25) is 0 Å². The van der Waals surface area contributed by atoms with E-state index in [4.69, 9.17) is 4.52 Å². The van der Waals surface area contributed by atoms with Crippen LogP contribution in [0.3, 0.4) is 0 Å². The average molecular weight is 410 g/mol. The van der Waals surface area contributed by atoms with Crippen molar-refractivity contribution in [3.05, 3.63) is 28.5 Å². The van der Waals surface area contributed by atoms with Gasteiger partial charge in [-0.25, -0.2) is 8.42 Å². The molecule has 0 bridgehead atoms. The molecule has 1 fully saturated rings. The van der Waals surface area contributed by atoms with Gasteiger partial charge in [0.15, 0.2) is 5.76 Å². The molecule has 2 aromatic heterocycles. The molecule has 146 valence electrons. The number of aromatic nitrogens is 1. The number of nitrogens with zero attached hydrogens (tertiary/aromatic N) is 2. The molecule has 0 spiro atoms. The molecule has 3 rings (SSSR count). The highest BCUT2D eigenvalue weighted by atomic mass is 32.2. The Balaban J connectivity index is 1.77. The topological polar surface area (TPSA) is 92.5 Å². The predicted octanol–water partition coefficient (Wildman–Crippen LogP) is 3.59. The summed E-state index contributed by atoms with van der Waals surface area (Å²) in [7, 11) is -3.44. The quantitative estimate of drug-likeness (QED) is 0.815. The van der Waals surface area contributed by atoms with E-state index in [0.717, 1.165) is 17.7 Å². The van der Waals surface area contributed by atoms with E-state index in [2.05, 4.69) is 17.4 Å². The van der Waals surface area contributed by atoms with E-state index in [0.29, 0.717) is 40.4 Å². The van der Waals surface area contributed by atoms with Crippen molar-refractivity contribution in [2.75, 3.05) is 18.4 Å². The molecule has 0 aliphatic carbocycles. The highest BCUT2D eigenvalue weighted by Gasteiger charge is 2.29. The van der Waals surface area contributed by atoms with Crippen LogP contribution in [0.1, 0.15) is 43.0 Å². The average Bonchev–Trinajstić information content (AvgIpc) is 3.22. The van der Waals surface area contributed by atoms with Gasteiger partial charge in [-0.15, -0.1) is 11.3 Å². The molecule has 0 unspecified atom stereocenters. The van der Waals surface area contributed by atoms with Gasteiger partial charge in [-0.1, -0.05) is 12.1 Å². The lowest BCUT2D eigenvalue weighted by molar-refractivity contribution is -0.114. The molecule has 1 saturated heterocycles. The van der Waals surface area contributed by atoms with E-state index in [1.54, 1.807) is 35.5 Å². The fourth-order valence-corrected chi connectivity index (χ4v) is 5.75. The fraction of sp³-hybridized carbons (Fsp3) is 0.444. The Labute approximate surface area is 163 Å². The van der Waals surface area contributed by atoms with Gasteiger partial charge in [-0.3, -0.25) is 4.79 Å². The van der Waals surface area contributed by atoms with Crippen LogP contribution >= 0.6 is 11.3 Å². The molecule has 1 amide bonds. The van der Waals surface area contributed by atoms with Gasteiger partial charge in [0.1, 0.15) is 15.6 Å². The third-order valence-corrected chi connectivity index (χ3v) is 7.94. The third-order valence-electron chi connectivity index (χ3n) is 4.53. The summed E-state index contributed by atoms with van der Waals surface area (Å²) < 4.78 is 32.7. The first-order chi connectivity index (χ1) is 12.8. The van der Waals surface area contributed by atoms with Crippen LogP contribution in [-0.2, 0) is 14.8 Å². The van der Waals surface area contributed by atoms with Crippen LogP contribution in [0.5, 0.6) is 0 Å². The van der Waals surface area contributed by atoms with E-state index in [1.165, 1.54) is 18.3 Å². The number of hydrogen-bond acceptors (Lipinski definition) is 6. The Kier molecular flexibility index (Phi) is 5.83. The molecular weight excluding hydrogens is 386 g/mol. The summed E-state index contributed by atoms with van der Waals surface area (Å²) in [6, 6.07) is 3.40. The van der Waals surface area contributed by atoms with Crippen LogP contribution in [0, 0.1) is 12.8 Å². The largest absolute Gasteiger partial charge is 0.354 e.